The summed E-state index contributed by atoms with van der Waals surface area (Å²) in [5.74, 6) is -0.844. The Bertz CT molecular complexity index is 1070. The predicted octanol–water partition coefficient (Wildman–Crippen LogP) is 20.9. The fraction of sp³-hybridized carbons (Fsp3) is 0.921. The SMILES string of the molecule is CCCCCCCCCC/C=C\CCCCCCCCCCCCCCCCCCCCCC(=O)OCC(COC(=O)CCCCCCCCCCCC)OC(=O)CCCCCCCCCCCC. The van der Waals surface area contributed by atoms with Crippen molar-refractivity contribution in [1.29, 1.82) is 0 Å². The van der Waals surface area contributed by atoms with Gasteiger partial charge in [0.2, 0.25) is 0 Å². The molecule has 0 bridgehead atoms. The van der Waals surface area contributed by atoms with Gasteiger partial charge in [-0.15, -0.1) is 0 Å². The molecule has 0 aromatic rings. The lowest BCUT2D eigenvalue weighted by Gasteiger charge is -2.18. The van der Waals surface area contributed by atoms with E-state index < -0.39 is 6.10 Å². The molecule has 69 heavy (non-hydrogen) atoms. The Morgan fingerprint density at radius 2 is 0.478 bits per heavy atom. The molecule has 0 spiro atoms. The molecular weight excluding hydrogens is 853 g/mol. The van der Waals surface area contributed by atoms with Gasteiger partial charge in [0.05, 0.1) is 0 Å². The summed E-state index contributed by atoms with van der Waals surface area (Å²) in [6.45, 7) is 6.66. The van der Waals surface area contributed by atoms with Crippen LogP contribution in [0.15, 0.2) is 12.2 Å². The summed E-state index contributed by atoms with van der Waals surface area (Å²) in [5.41, 5.74) is 0. The molecule has 6 heteroatoms. The first-order chi connectivity index (χ1) is 34.0. The van der Waals surface area contributed by atoms with Crippen LogP contribution >= 0.6 is 0 Å². The van der Waals surface area contributed by atoms with Gasteiger partial charge in [-0.1, -0.05) is 303 Å². The molecule has 0 saturated heterocycles. The zero-order valence-electron chi connectivity index (χ0n) is 46.9. The van der Waals surface area contributed by atoms with E-state index in [0.29, 0.717) is 19.3 Å². The third-order valence-electron chi connectivity index (χ3n) is 14.3. The minimum absolute atomic E-state index is 0.0633. The molecule has 0 aliphatic rings. The van der Waals surface area contributed by atoms with E-state index in [2.05, 4.69) is 32.9 Å². The molecule has 0 N–H and O–H groups in total. The van der Waals surface area contributed by atoms with Crippen molar-refractivity contribution in [3.8, 4) is 0 Å². The predicted molar refractivity (Wildman–Crippen MR) is 298 cm³/mol. The lowest BCUT2D eigenvalue weighted by Crippen LogP contribution is -2.30. The molecule has 0 amide bonds. The van der Waals surface area contributed by atoms with Gasteiger partial charge in [0.1, 0.15) is 13.2 Å². The molecule has 0 fully saturated rings. The highest BCUT2D eigenvalue weighted by atomic mass is 16.6. The van der Waals surface area contributed by atoms with Crippen molar-refractivity contribution in [2.75, 3.05) is 13.2 Å². The molecule has 6 nitrogen and oxygen atoms in total. The maximum Gasteiger partial charge on any atom is 0.306 e. The Morgan fingerprint density at radius 1 is 0.275 bits per heavy atom. The summed E-state index contributed by atoms with van der Waals surface area (Å²) in [6.07, 6.45) is 68.2. The van der Waals surface area contributed by atoms with Crippen LogP contribution in [0.1, 0.15) is 355 Å². The van der Waals surface area contributed by atoms with Crippen LogP contribution in [0.25, 0.3) is 0 Å². The topological polar surface area (TPSA) is 78.9 Å². The summed E-state index contributed by atoms with van der Waals surface area (Å²) in [6, 6.07) is 0. The fourth-order valence-electron chi connectivity index (χ4n) is 9.56. The van der Waals surface area contributed by atoms with Gasteiger partial charge in [-0.3, -0.25) is 14.4 Å². The van der Waals surface area contributed by atoms with Crippen LogP contribution in [0, 0.1) is 0 Å². The number of hydrogen-bond donors (Lipinski definition) is 0. The standard InChI is InChI=1S/C63H120O6/c1-4-7-10-13-16-19-22-23-24-25-26-27-28-29-30-31-32-33-34-35-36-37-38-39-40-41-42-45-47-50-53-56-62(65)68-59-60(69-63(66)57-54-51-48-44-21-18-15-12-9-6-3)58-67-61(64)55-52-49-46-43-20-17-14-11-8-5-2/h25-26,60H,4-24,27-59H2,1-3H3/b26-25-. The summed E-state index contributed by atoms with van der Waals surface area (Å²) in [5, 5.41) is 0. The van der Waals surface area contributed by atoms with Crippen LogP contribution in [-0.2, 0) is 28.6 Å². The van der Waals surface area contributed by atoms with Crippen LogP contribution in [0.4, 0.5) is 0 Å². The maximum atomic E-state index is 12.8. The van der Waals surface area contributed by atoms with Crippen molar-refractivity contribution in [1.82, 2.24) is 0 Å². The summed E-state index contributed by atoms with van der Waals surface area (Å²) >= 11 is 0. The van der Waals surface area contributed by atoms with Crippen molar-refractivity contribution in [2.45, 2.75) is 361 Å². The van der Waals surface area contributed by atoms with Crippen LogP contribution < -0.4 is 0 Å². The number of carbonyl (C=O) groups excluding carboxylic acids is 3. The van der Waals surface area contributed by atoms with E-state index in [1.807, 2.05) is 0 Å². The van der Waals surface area contributed by atoms with E-state index in [0.717, 1.165) is 57.8 Å². The molecule has 1 atom stereocenters. The lowest BCUT2D eigenvalue weighted by atomic mass is 10.0. The number of allylic oxidation sites excluding steroid dienone is 2. The maximum absolute atomic E-state index is 12.8. The molecule has 0 aromatic heterocycles. The van der Waals surface area contributed by atoms with Gasteiger partial charge in [-0.25, -0.2) is 0 Å². The number of ether oxygens (including phenoxy) is 3. The Hall–Kier alpha value is -1.85. The number of unbranched alkanes of at least 4 members (excludes halogenated alkanes) is 45. The summed E-state index contributed by atoms with van der Waals surface area (Å²) in [4.78, 5) is 38.0. The molecule has 0 radical (unpaired) electrons. The molecule has 0 aliphatic heterocycles. The number of rotatable bonds is 58. The van der Waals surface area contributed by atoms with E-state index >= 15 is 0 Å². The normalized spacial score (nSPS) is 12.0. The van der Waals surface area contributed by atoms with Gasteiger partial charge in [0.25, 0.3) is 0 Å². The van der Waals surface area contributed by atoms with E-state index in [4.69, 9.17) is 14.2 Å². The smallest absolute Gasteiger partial charge is 0.306 e. The third-order valence-corrected chi connectivity index (χ3v) is 14.3. The van der Waals surface area contributed by atoms with Crippen molar-refractivity contribution >= 4 is 17.9 Å². The van der Waals surface area contributed by atoms with Gasteiger partial charge < -0.3 is 14.2 Å². The second-order valence-corrected chi connectivity index (χ2v) is 21.3. The average Bonchev–Trinajstić information content (AvgIpc) is 3.35. The molecule has 0 aliphatic carbocycles. The highest BCUT2D eigenvalue weighted by Crippen LogP contribution is 2.18. The van der Waals surface area contributed by atoms with E-state index in [1.54, 1.807) is 0 Å². The van der Waals surface area contributed by atoms with Crippen molar-refractivity contribution < 1.29 is 28.6 Å². The largest absolute Gasteiger partial charge is 0.462 e. The van der Waals surface area contributed by atoms with Crippen molar-refractivity contribution in [2.24, 2.45) is 0 Å². The van der Waals surface area contributed by atoms with Gasteiger partial charge in [-0.2, -0.15) is 0 Å². The third kappa shape index (κ3) is 56.9. The van der Waals surface area contributed by atoms with Gasteiger partial charge in [-0.05, 0) is 44.9 Å². The summed E-state index contributed by atoms with van der Waals surface area (Å²) in [7, 11) is 0. The molecule has 0 aromatic carbocycles. The lowest BCUT2D eigenvalue weighted by molar-refractivity contribution is -0.167. The summed E-state index contributed by atoms with van der Waals surface area (Å²) < 4.78 is 16.8. The number of hydrogen-bond acceptors (Lipinski definition) is 6. The first kappa shape index (κ1) is 67.1. The number of esters is 3. The zero-order valence-corrected chi connectivity index (χ0v) is 46.9. The minimum atomic E-state index is -0.761. The van der Waals surface area contributed by atoms with Crippen LogP contribution in [0.3, 0.4) is 0 Å². The molecule has 408 valence electrons. The monoisotopic (exact) mass is 973 g/mol. The average molecular weight is 974 g/mol. The molecule has 0 heterocycles. The van der Waals surface area contributed by atoms with Crippen LogP contribution in [-0.4, -0.2) is 37.2 Å². The first-order valence-corrected chi connectivity index (χ1v) is 31.2. The number of carbonyl (C=O) groups is 3. The molecule has 0 rings (SSSR count). The van der Waals surface area contributed by atoms with Gasteiger partial charge in [0, 0.05) is 19.3 Å². The van der Waals surface area contributed by atoms with Crippen molar-refractivity contribution in [3.05, 3.63) is 12.2 Å². The van der Waals surface area contributed by atoms with Crippen LogP contribution in [0.2, 0.25) is 0 Å². The zero-order chi connectivity index (χ0) is 50.0. The highest BCUT2D eigenvalue weighted by Gasteiger charge is 2.19. The van der Waals surface area contributed by atoms with E-state index in [9.17, 15) is 14.4 Å². The molecular formula is C63H120O6. The first-order valence-electron chi connectivity index (χ1n) is 31.2. The minimum Gasteiger partial charge on any atom is -0.462 e. The highest BCUT2D eigenvalue weighted by molar-refractivity contribution is 5.71. The Morgan fingerprint density at radius 3 is 0.725 bits per heavy atom. The van der Waals surface area contributed by atoms with Gasteiger partial charge >= 0.3 is 17.9 Å². The molecule has 1 unspecified atom stereocenters. The fourth-order valence-corrected chi connectivity index (χ4v) is 9.56. The van der Waals surface area contributed by atoms with Crippen molar-refractivity contribution in [3.63, 3.8) is 0 Å². The van der Waals surface area contributed by atoms with E-state index in [1.165, 1.54) is 257 Å². The van der Waals surface area contributed by atoms with E-state index in [-0.39, 0.29) is 31.1 Å². The quantitative estimate of drug-likeness (QED) is 0.0261. The van der Waals surface area contributed by atoms with Gasteiger partial charge in [0.15, 0.2) is 6.10 Å². The van der Waals surface area contributed by atoms with Crippen LogP contribution in [0.5, 0.6) is 0 Å². The second-order valence-electron chi connectivity index (χ2n) is 21.3. The second kappa shape index (κ2) is 58.7. The Kier molecular flexibility index (Phi) is 57.1. The molecule has 0 saturated carbocycles. The Balaban J connectivity index is 3.95. The Labute approximate surface area is 431 Å².